The maximum absolute atomic E-state index is 12.2. The third-order valence-electron chi connectivity index (χ3n) is 2.87. The Labute approximate surface area is 117 Å². The Kier molecular flexibility index (Phi) is 4.45. The summed E-state index contributed by atoms with van der Waals surface area (Å²) >= 11 is 0. The minimum Gasteiger partial charge on any atom is -0.389 e. The van der Waals surface area contributed by atoms with Crippen LogP contribution in [0.3, 0.4) is 0 Å². The zero-order valence-electron chi connectivity index (χ0n) is 10.9. The number of benzene rings is 2. The van der Waals surface area contributed by atoms with Crippen LogP contribution in [0.25, 0.3) is 0 Å². The van der Waals surface area contributed by atoms with E-state index in [9.17, 15) is 9.59 Å². The first kappa shape index (κ1) is 13.7. The van der Waals surface area contributed by atoms with Gasteiger partial charge in [-0.05, 0) is 11.1 Å². The summed E-state index contributed by atoms with van der Waals surface area (Å²) in [5, 5.41) is 0. The lowest BCUT2D eigenvalue weighted by Gasteiger charge is -2.15. The summed E-state index contributed by atoms with van der Waals surface area (Å²) in [4.78, 5) is 23.5. The van der Waals surface area contributed by atoms with Crippen LogP contribution in [0.15, 0.2) is 73.3 Å². The molecule has 3 heteroatoms. The largest absolute Gasteiger partial charge is 0.389 e. The Bertz CT molecular complexity index is 563. The highest BCUT2D eigenvalue weighted by Crippen LogP contribution is 2.25. The van der Waals surface area contributed by atoms with Crippen LogP contribution in [-0.2, 0) is 14.3 Å². The van der Waals surface area contributed by atoms with Gasteiger partial charge in [0.1, 0.15) is 5.92 Å². The molecule has 0 saturated heterocycles. The lowest BCUT2D eigenvalue weighted by atomic mass is 9.91. The second kappa shape index (κ2) is 6.48. The van der Waals surface area contributed by atoms with E-state index in [1.54, 1.807) is 0 Å². The fourth-order valence-electron chi connectivity index (χ4n) is 1.96. The Balaban J connectivity index is 2.37. The molecule has 0 fully saturated rings. The molecule has 0 aliphatic carbocycles. The zero-order chi connectivity index (χ0) is 14.4. The highest BCUT2D eigenvalue weighted by Gasteiger charge is 2.25. The van der Waals surface area contributed by atoms with E-state index in [1.165, 1.54) is 0 Å². The van der Waals surface area contributed by atoms with E-state index in [0.717, 1.165) is 17.2 Å². The fraction of sp³-hybridized carbons (Fsp3) is 0.0588. The molecular formula is C17H14O3. The van der Waals surface area contributed by atoms with Crippen LogP contribution in [-0.4, -0.2) is 11.9 Å². The first-order valence-corrected chi connectivity index (χ1v) is 6.20. The van der Waals surface area contributed by atoms with E-state index in [0.29, 0.717) is 0 Å². The summed E-state index contributed by atoms with van der Waals surface area (Å²) in [6.07, 6.45) is 0.977. The monoisotopic (exact) mass is 266 g/mol. The van der Waals surface area contributed by atoms with Crippen LogP contribution in [0.1, 0.15) is 17.0 Å². The van der Waals surface area contributed by atoms with Gasteiger partial charge in [-0.1, -0.05) is 67.2 Å². The van der Waals surface area contributed by atoms with Crippen molar-refractivity contribution in [3.05, 3.63) is 84.4 Å². The predicted molar refractivity (Wildman–Crippen MR) is 76.0 cm³/mol. The second-order valence-electron chi connectivity index (χ2n) is 4.20. The molecule has 20 heavy (non-hydrogen) atoms. The number of rotatable bonds is 4. The molecule has 2 aromatic carbocycles. The van der Waals surface area contributed by atoms with Gasteiger partial charge in [0, 0.05) is 6.08 Å². The Morgan fingerprint density at radius 1 is 0.900 bits per heavy atom. The van der Waals surface area contributed by atoms with Gasteiger partial charge in [0.25, 0.3) is 0 Å². The van der Waals surface area contributed by atoms with Gasteiger partial charge in [-0.25, -0.2) is 4.79 Å². The number of carbonyl (C=O) groups excluding carboxylic acids is 2. The van der Waals surface area contributed by atoms with Gasteiger partial charge in [-0.3, -0.25) is 4.79 Å². The third-order valence-corrected chi connectivity index (χ3v) is 2.87. The van der Waals surface area contributed by atoms with Crippen LogP contribution in [0, 0.1) is 0 Å². The van der Waals surface area contributed by atoms with Crippen LogP contribution < -0.4 is 0 Å². The molecule has 0 radical (unpaired) electrons. The predicted octanol–water partition coefficient (Wildman–Crippen LogP) is 3.07. The summed E-state index contributed by atoms with van der Waals surface area (Å²) in [5.74, 6) is -1.97. The number of ether oxygens (including phenoxy) is 1. The molecule has 0 heterocycles. The van der Waals surface area contributed by atoms with E-state index in [4.69, 9.17) is 4.74 Å². The summed E-state index contributed by atoms with van der Waals surface area (Å²) < 4.78 is 4.77. The van der Waals surface area contributed by atoms with Gasteiger partial charge in [-0.15, -0.1) is 0 Å². The first-order valence-electron chi connectivity index (χ1n) is 6.20. The number of hydrogen-bond acceptors (Lipinski definition) is 3. The molecule has 0 unspecified atom stereocenters. The highest BCUT2D eigenvalue weighted by molar-refractivity contribution is 5.95. The summed E-state index contributed by atoms with van der Waals surface area (Å²) in [6.45, 7) is 3.29. The first-order chi connectivity index (χ1) is 9.72. The molecule has 0 aliphatic heterocycles. The lowest BCUT2D eigenvalue weighted by Crippen LogP contribution is -2.19. The second-order valence-corrected chi connectivity index (χ2v) is 4.20. The van der Waals surface area contributed by atoms with Crippen LogP contribution in [0.4, 0.5) is 0 Å². The molecule has 0 aliphatic rings. The number of carbonyl (C=O) groups is 2. The van der Waals surface area contributed by atoms with Crippen molar-refractivity contribution in [1.82, 2.24) is 0 Å². The Hall–Kier alpha value is -2.68. The average molecular weight is 266 g/mol. The van der Waals surface area contributed by atoms with Gasteiger partial charge in [-0.2, -0.15) is 0 Å². The molecule has 0 atom stereocenters. The average Bonchev–Trinajstić information content (AvgIpc) is 2.49. The molecule has 100 valence electrons. The molecule has 0 amide bonds. The van der Waals surface area contributed by atoms with E-state index >= 15 is 0 Å². The summed E-state index contributed by atoms with van der Waals surface area (Å²) in [6, 6.07) is 18.4. The third kappa shape index (κ3) is 3.20. The van der Waals surface area contributed by atoms with Crippen molar-refractivity contribution in [3.8, 4) is 0 Å². The Morgan fingerprint density at radius 3 is 1.75 bits per heavy atom. The minimum atomic E-state index is -0.744. The van der Waals surface area contributed by atoms with Crippen molar-refractivity contribution in [3.63, 3.8) is 0 Å². The molecule has 0 spiro atoms. The van der Waals surface area contributed by atoms with E-state index in [1.807, 2.05) is 60.7 Å². The minimum absolute atomic E-state index is 0.604. The molecule has 2 aromatic rings. The van der Waals surface area contributed by atoms with E-state index in [2.05, 4.69) is 6.58 Å². The van der Waals surface area contributed by atoms with Crippen LogP contribution in [0.2, 0.25) is 0 Å². The standard InChI is InChI=1S/C17H14O3/c1-2-15(18)20-17(19)16(13-9-5-3-6-10-13)14-11-7-4-8-12-14/h2-12,16H,1H2. The van der Waals surface area contributed by atoms with Crippen molar-refractivity contribution in [1.29, 1.82) is 0 Å². The molecule has 0 saturated carbocycles. The van der Waals surface area contributed by atoms with E-state index < -0.39 is 17.9 Å². The van der Waals surface area contributed by atoms with Gasteiger partial charge in [0.2, 0.25) is 0 Å². The van der Waals surface area contributed by atoms with E-state index in [-0.39, 0.29) is 0 Å². The van der Waals surface area contributed by atoms with Crippen LogP contribution in [0.5, 0.6) is 0 Å². The molecule has 0 bridgehead atoms. The van der Waals surface area contributed by atoms with Gasteiger partial charge < -0.3 is 4.74 Å². The quantitative estimate of drug-likeness (QED) is 0.485. The fourth-order valence-corrected chi connectivity index (χ4v) is 1.96. The van der Waals surface area contributed by atoms with Crippen molar-refractivity contribution < 1.29 is 14.3 Å². The molecular weight excluding hydrogens is 252 g/mol. The SMILES string of the molecule is C=CC(=O)OC(=O)C(c1ccccc1)c1ccccc1. The van der Waals surface area contributed by atoms with Crippen molar-refractivity contribution >= 4 is 11.9 Å². The van der Waals surface area contributed by atoms with Crippen molar-refractivity contribution in [2.45, 2.75) is 5.92 Å². The number of esters is 2. The Morgan fingerprint density at radius 2 is 1.35 bits per heavy atom. The zero-order valence-corrected chi connectivity index (χ0v) is 10.9. The maximum atomic E-state index is 12.2. The highest BCUT2D eigenvalue weighted by atomic mass is 16.6. The number of hydrogen-bond donors (Lipinski definition) is 0. The normalized spacial score (nSPS) is 10.1. The molecule has 3 nitrogen and oxygen atoms in total. The molecule has 2 rings (SSSR count). The molecule has 0 aromatic heterocycles. The summed E-state index contributed by atoms with van der Waals surface area (Å²) in [7, 11) is 0. The van der Waals surface area contributed by atoms with Crippen molar-refractivity contribution in [2.75, 3.05) is 0 Å². The van der Waals surface area contributed by atoms with Crippen molar-refractivity contribution in [2.24, 2.45) is 0 Å². The smallest absolute Gasteiger partial charge is 0.337 e. The van der Waals surface area contributed by atoms with Gasteiger partial charge in [0.05, 0.1) is 0 Å². The van der Waals surface area contributed by atoms with Gasteiger partial charge in [0.15, 0.2) is 0 Å². The lowest BCUT2D eigenvalue weighted by molar-refractivity contribution is -0.156. The van der Waals surface area contributed by atoms with Crippen LogP contribution >= 0.6 is 0 Å². The van der Waals surface area contributed by atoms with Gasteiger partial charge >= 0.3 is 11.9 Å². The maximum Gasteiger partial charge on any atom is 0.337 e. The molecule has 0 N–H and O–H groups in total. The summed E-state index contributed by atoms with van der Waals surface area (Å²) in [5.41, 5.74) is 1.56. The topological polar surface area (TPSA) is 43.4 Å².